The topological polar surface area (TPSA) is 21.2 Å². The van der Waals surface area contributed by atoms with E-state index in [2.05, 4.69) is 105 Å². The maximum atomic E-state index is 4.92. The first-order valence-corrected chi connectivity index (χ1v) is 13.3. The van der Waals surface area contributed by atoms with Gasteiger partial charge in [-0.3, -0.25) is 4.98 Å². The standard InChI is InChI=1S/C32H36N3/c1-6-9-12-22-17-18-33-29-23(22)13-10-15-25(29)26-21-34-19-20-35-30(34)28-24(26)14-11-16-27(28)31(4,7-2)32(35,5)8-3/h10-11,13-21H,6-9,12H2,1-5H3/q+1. The average molecular weight is 463 g/mol. The van der Waals surface area contributed by atoms with E-state index in [1.807, 2.05) is 6.20 Å². The number of rotatable bonds is 6. The molecular weight excluding hydrogens is 426 g/mol. The van der Waals surface area contributed by atoms with E-state index in [4.69, 9.17) is 4.98 Å². The first kappa shape index (κ1) is 22.3. The van der Waals surface area contributed by atoms with Crippen LogP contribution in [0.15, 0.2) is 67.3 Å². The highest BCUT2D eigenvalue weighted by molar-refractivity contribution is 6.09. The Labute approximate surface area is 208 Å². The van der Waals surface area contributed by atoms with Crippen LogP contribution in [0, 0.1) is 0 Å². The summed E-state index contributed by atoms with van der Waals surface area (Å²) < 4.78 is 4.91. The van der Waals surface area contributed by atoms with Crippen molar-refractivity contribution in [2.24, 2.45) is 0 Å². The molecule has 0 fully saturated rings. The van der Waals surface area contributed by atoms with E-state index in [9.17, 15) is 0 Å². The van der Waals surface area contributed by atoms with Gasteiger partial charge >= 0.3 is 0 Å². The van der Waals surface area contributed by atoms with Gasteiger partial charge in [-0.15, -0.1) is 0 Å². The minimum Gasteiger partial charge on any atom is -0.256 e. The van der Waals surface area contributed by atoms with Crippen LogP contribution in [0.5, 0.6) is 0 Å². The second-order valence-electron chi connectivity index (χ2n) is 10.8. The number of unbranched alkanes of at least 4 members (excludes halogenated alkanes) is 1. The van der Waals surface area contributed by atoms with Crippen molar-refractivity contribution in [3.8, 4) is 11.1 Å². The van der Waals surface area contributed by atoms with Crippen molar-refractivity contribution in [2.75, 3.05) is 0 Å². The molecule has 2 unspecified atom stereocenters. The van der Waals surface area contributed by atoms with Crippen molar-refractivity contribution in [3.63, 3.8) is 0 Å². The molecule has 0 saturated carbocycles. The third-order valence-electron chi connectivity index (χ3n) is 9.36. The summed E-state index contributed by atoms with van der Waals surface area (Å²) in [6.45, 7) is 11.9. The van der Waals surface area contributed by atoms with Crippen LogP contribution in [0.25, 0.3) is 38.4 Å². The van der Waals surface area contributed by atoms with Crippen LogP contribution in [0.3, 0.4) is 0 Å². The predicted octanol–water partition coefficient (Wildman–Crippen LogP) is 7.74. The molecule has 1 aliphatic rings. The van der Waals surface area contributed by atoms with Gasteiger partial charge in [0.2, 0.25) is 0 Å². The number of para-hydroxylation sites is 1. The Bertz CT molecular complexity index is 1590. The Morgan fingerprint density at radius 2 is 1.71 bits per heavy atom. The number of hydrogen-bond acceptors (Lipinski definition) is 1. The molecule has 178 valence electrons. The third kappa shape index (κ3) is 2.84. The molecule has 4 heterocycles. The number of benzene rings is 2. The van der Waals surface area contributed by atoms with Crippen LogP contribution in [-0.4, -0.2) is 9.38 Å². The maximum Gasteiger partial charge on any atom is 0.294 e. The van der Waals surface area contributed by atoms with Crippen molar-refractivity contribution in [2.45, 2.75) is 77.7 Å². The minimum absolute atomic E-state index is 0.0223. The zero-order valence-electron chi connectivity index (χ0n) is 21.7. The summed E-state index contributed by atoms with van der Waals surface area (Å²) >= 11 is 0. The first-order chi connectivity index (χ1) is 17.0. The van der Waals surface area contributed by atoms with Crippen LogP contribution in [0.1, 0.15) is 71.4 Å². The summed E-state index contributed by atoms with van der Waals surface area (Å²) in [5, 5.41) is 4.01. The summed E-state index contributed by atoms with van der Waals surface area (Å²) in [7, 11) is 0. The molecule has 1 aliphatic heterocycles. The lowest BCUT2D eigenvalue weighted by atomic mass is 9.62. The molecule has 0 bridgehead atoms. The van der Waals surface area contributed by atoms with Crippen LogP contribution in [0.4, 0.5) is 0 Å². The Hall–Kier alpha value is -3.20. The molecule has 5 aromatic rings. The highest BCUT2D eigenvalue weighted by Crippen LogP contribution is 2.50. The molecule has 3 nitrogen and oxygen atoms in total. The van der Waals surface area contributed by atoms with E-state index >= 15 is 0 Å². The maximum absolute atomic E-state index is 4.92. The Balaban J connectivity index is 1.72. The summed E-state index contributed by atoms with van der Waals surface area (Å²) in [5.74, 6) is 0. The lowest BCUT2D eigenvalue weighted by molar-refractivity contribution is -0.750. The van der Waals surface area contributed by atoms with E-state index in [0.717, 1.165) is 24.8 Å². The first-order valence-electron chi connectivity index (χ1n) is 13.3. The number of nitrogens with zero attached hydrogens (tertiary/aromatic N) is 3. The fourth-order valence-electron chi connectivity index (χ4n) is 6.78. The van der Waals surface area contributed by atoms with Gasteiger partial charge in [-0.05, 0) is 49.8 Å². The number of aromatic nitrogens is 3. The van der Waals surface area contributed by atoms with E-state index in [-0.39, 0.29) is 11.0 Å². The highest BCUT2D eigenvalue weighted by Gasteiger charge is 2.53. The fourth-order valence-corrected chi connectivity index (χ4v) is 6.78. The Morgan fingerprint density at radius 1 is 0.914 bits per heavy atom. The molecular formula is C32H36N3+. The molecule has 2 aromatic carbocycles. The van der Waals surface area contributed by atoms with E-state index < -0.39 is 0 Å². The molecule has 2 atom stereocenters. The van der Waals surface area contributed by atoms with E-state index in [0.29, 0.717) is 0 Å². The molecule has 6 rings (SSSR count). The smallest absolute Gasteiger partial charge is 0.256 e. The molecule has 0 saturated heterocycles. The Kier molecular flexibility index (Phi) is 5.03. The zero-order chi connectivity index (χ0) is 24.4. The van der Waals surface area contributed by atoms with Crippen molar-refractivity contribution in [1.29, 1.82) is 0 Å². The average Bonchev–Trinajstić information content (AvgIpc) is 3.34. The molecule has 0 aliphatic carbocycles. The second-order valence-corrected chi connectivity index (χ2v) is 10.8. The SMILES string of the molecule is CCCCc1ccnc2c(-c3cn4cc[n+]5c4c4c(cccc34)C(C)(CC)C5(C)CC)cccc12. The quantitative estimate of drug-likeness (QED) is 0.236. The van der Waals surface area contributed by atoms with Gasteiger partial charge in [0.25, 0.3) is 5.65 Å². The lowest BCUT2D eigenvalue weighted by Crippen LogP contribution is -2.65. The molecule has 0 spiro atoms. The zero-order valence-corrected chi connectivity index (χ0v) is 21.7. The molecule has 35 heavy (non-hydrogen) atoms. The normalized spacial score (nSPS) is 21.5. The summed E-state index contributed by atoms with van der Waals surface area (Å²) in [5.41, 5.74) is 7.86. The van der Waals surface area contributed by atoms with Crippen LogP contribution < -0.4 is 4.57 Å². The molecule has 0 N–H and O–H groups in total. The van der Waals surface area contributed by atoms with Gasteiger partial charge in [0.05, 0.1) is 10.9 Å². The monoisotopic (exact) mass is 462 g/mol. The van der Waals surface area contributed by atoms with E-state index in [1.165, 1.54) is 56.9 Å². The summed E-state index contributed by atoms with van der Waals surface area (Å²) in [4.78, 5) is 4.92. The molecule has 3 aromatic heterocycles. The van der Waals surface area contributed by atoms with Gasteiger partial charge in [0, 0.05) is 33.5 Å². The van der Waals surface area contributed by atoms with Gasteiger partial charge in [0.15, 0.2) is 0 Å². The van der Waals surface area contributed by atoms with Crippen molar-refractivity contribution in [1.82, 2.24) is 9.38 Å². The van der Waals surface area contributed by atoms with Gasteiger partial charge in [-0.2, -0.15) is 0 Å². The number of fused-ring (bicyclic) bond motifs is 1. The highest BCUT2D eigenvalue weighted by atomic mass is 15.2. The molecule has 0 radical (unpaired) electrons. The van der Waals surface area contributed by atoms with Gasteiger partial charge in [0.1, 0.15) is 24.1 Å². The summed E-state index contributed by atoms with van der Waals surface area (Å²) in [6, 6.07) is 15.9. The van der Waals surface area contributed by atoms with Crippen molar-refractivity contribution >= 4 is 27.3 Å². The molecule has 0 amide bonds. The number of pyridine rings is 2. The second kappa shape index (κ2) is 7.91. The third-order valence-corrected chi connectivity index (χ3v) is 9.36. The number of hydrogen-bond donors (Lipinski definition) is 0. The number of aryl methyl sites for hydroxylation is 1. The van der Waals surface area contributed by atoms with Gasteiger partial charge in [-0.25, -0.2) is 8.97 Å². The largest absolute Gasteiger partial charge is 0.294 e. The molecule has 3 heteroatoms. The fraction of sp³-hybridized carbons (Fsp3) is 0.375. The van der Waals surface area contributed by atoms with Crippen LogP contribution in [0.2, 0.25) is 0 Å². The van der Waals surface area contributed by atoms with Crippen LogP contribution >= 0.6 is 0 Å². The number of imidazole rings is 1. The van der Waals surface area contributed by atoms with Crippen molar-refractivity contribution in [3.05, 3.63) is 78.4 Å². The summed E-state index contributed by atoms with van der Waals surface area (Å²) in [6.07, 6.45) is 14.6. The van der Waals surface area contributed by atoms with E-state index in [1.54, 1.807) is 0 Å². The predicted molar refractivity (Wildman–Crippen MR) is 146 cm³/mol. The lowest BCUT2D eigenvalue weighted by Gasteiger charge is -2.46. The van der Waals surface area contributed by atoms with Crippen LogP contribution in [-0.2, 0) is 17.4 Å². The Morgan fingerprint density at radius 3 is 2.49 bits per heavy atom. The van der Waals surface area contributed by atoms with Gasteiger partial charge in [-0.1, -0.05) is 70.5 Å². The van der Waals surface area contributed by atoms with Gasteiger partial charge < -0.3 is 0 Å². The minimum atomic E-state index is 0.0223. The van der Waals surface area contributed by atoms with Crippen molar-refractivity contribution < 1.29 is 4.57 Å².